The van der Waals surface area contributed by atoms with Gasteiger partial charge in [0.15, 0.2) is 5.82 Å². The number of carbonyl (C=O) groups excluding carboxylic acids is 4. The second-order valence-electron chi connectivity index (χ2n) is 16.3. The average Bonchev–Trinajstić information content (AvgIpc) is 3.67. The lowest BCUT2D eigenvalue weighted by Crippen LogP contribution is -2.54. The van der Waals surface area contributed by atoms with Crippen LogP contribution in [-0.2, 0) is 34.5 Å². The lowest BCUT2D eigenvalue weighted by molar-refractivity contribution is -0.137. The van der Waals surface area contributed by atoms with Gasteiger partial charge in [-0.3, -0.25) is 38.9 Å². The van der Waals surface area contributed by atoms with Crippen LogP contribution in [0.3, 0.4) is 0 Å². The third-order valence-corrected chi connectivity index (χ3v) is 15.8. The van der Waals surface area contributed by atoms with E-state index in [0.29, 0.717) is 71.7 Å². The number of halogens is 1. The Balaban J connectivity index is 0.764. The summed E-state index contributed by atoms with van der Waals surface area (Å²) in [5.74, 6) is 0.914. The van der Waals surface area contributed by atoms with E-state index in [1.807, 2.05) is 24.3 Å². The van der Waals surface area contributed by atoms with Crippen LogP contribution in [0, 0.1) is 0 Å². The molecule has 0 saturated carbocycles. The fraction of sp³-hybridized carbons (Fsp3) is 0.422. The van der Waals surface area contributed by atoms with Crippen molar-refractivity contribution >= 4 is 88.7 Å². The van der Waals surface area contributed by atoms with E-state index in [0.717, 1.165) is 68.3 Å². The van der Waals surface area contributed by atoms with Crippen molar-refractivity contribution in [1.82, 2.24) is 35.3 Å². The van der Waals surface area contributed by atoms with E-state index in [4.69, 9.17) is 25.4 Å². The smallest absolute Gasteiger partial charge is 0.362 e. The van der Waals surface area contributed by atoms with Crippen LogP contribution in [0.5, 0.6) is 5.75 Å². The summed E-state index contributed by atoms with van der Waals surface area (Å²) in [6.07, 6.45) is 4.06. The molecule has 3 aromatic carbocycles. The number of hydrogen-bond donors (Lipinski definition) is 4. The number of methoxy groups -OCH3 is 1. The zero-order valence-corrected chi connectivity index (χ0v) is 39.6. The molecule has 4 amide bonds. The molecule has 0 radical (unpaired) electrons. The molecule has 0 bridgehead atoms. The maximum absolute atomic E-state index is 13.2. The Morgan fingerprint density at radius 2 is 1.70 bits per heavy atom. The van der Waals surface area contributed by atoms with Gasteiger partial charge >= 0.3 is 7.60 Å². The minimum atomic E-state index is -3.57. The highest BCUT2D eigenvalue weighted by atomic mass is 35.5. The number of carbonyl (C=O) groups is 4. The molecule has 3 saturated heterocycles. The zero-order valence-electron chi connectivity index (χ0n) is 37.1. The Morgan fingerprint density at radius 3 is 2.44 bits per heavy atom. The third-order valence-electron chi connectivity index (χ3n) is 12.4. The van der Waals surface area contributed by atoms with Crippen molar-refractivity contribution in [3.63, 3.8) is 0 Å². The Bertz CT molecular complexity index is 2500. The number of piperidine rings is 2. The molecule has 3 fully saturated rings. The van der Waals surface area contributed by atoms with Gasteiger partial charge in [-0.05, 0) is 61.2 Å². The van der Waals surface area contributed by atoms with Gasteiger partial charge < -0.3 is 39.5 Å². The Kier molecular flexibility index (Phi) is 15.1. The maximum atomic E-state index is 13.2. The van der Waals surface area contributed by atoms with E-state index in [9.17, 15) is 23.7 Å². The topological polar surface area (TPSA) is 200 Å². The number of nitrogens with one attached hydrogen (secondary N) is 4. The number of anilines is 5. The first kappa shape index (κ1) is 47.2. The molecule has 66 heavy (non-hydrogen) atoms. The normalized spacial score (nSPS) is 18.5. The van der Waals surface area contributed by atoms with Gasteiger partial charge in [0.2, 0.25) is 23.7 Å². The van der Waals surface area contributed by atoms with Crippen molar-refractivity contribution in [2.75, 3.05) is 95.0 Å². The first-order valence-corrected chi connectivity index (χ1v) is 24.8. The Morgan fingerprint density at radius 1 is 0.924 bits per heavy atom. The number of amides is 4. The van der Waals surface area contributed by atoms with Crippen LogP contribution in [-0.4, -0.2) is 140 Å². The second kappa shape index (κ2) is 21.1. The summed E-state index contributed by atoms with van der Waals surface area (Å²) in [7, 11) is 0.710. The number of benzene rings is 3. The van der Waals surface area contributed by atoms with Crippen molar-refractivity contribution < 1.29 is 37.5 Å². The number of piperazine rings is 1. The number of rotatable bonds is 17. The van der Waals surface area contributed by atoms with Crippen LogP contribution in [0.25, 0.3) is 0 Å². The monoisotopic (exact) mass is 960 g/mol. The van der Waals surface area contributed by atoms with Crippen LogP contribution in [0.4, 0.5) is 28.8 Å². The predicted octanol–water partition coefficient (Wildman–Crippen LogP) is 4.99. The number of fused-ring (bicyclic) bond motifs is 1. The molecule has 1 aromatic heterocycles. The summed E-state index contributed by atoms with van der Waals surface area (Å²) < 4.78 is 29.5. The Hall–Kier alpha value is -5.27. The highest BCUT2D eigenvalue weighted by Crippen LogP contribution is 2.47. The summed E-state index contributed by atoms with van der Waals surface area (Å²) in [5.41, 5.74) is 3.67. The molecular formula is C45H54ClN10O8PS. The maximum Gasteiger partial charge on any atom is 0.362 e. The first-order valence-electron chi connectivity index (χ1n) is 21.9. The summed E-state index contributed by atoms with van der Waals surface area (Å²) in [4.78, 5) is 68.9. The van der Waals surface area contributed by atoms with Crippen LogP contribution < -0.4 is 36.2 Å². The molecule has 21 heteroatoms. The molecule has 18 nitrogen and oxygen atoms in total. The molecular weight excluding hydrogens is 907 g/mol. The number of imide groups is 1. The molecule has 1 atom stereocenters. The Labute approximate surface area is 393 Å². The molecule has 350 valence electrons. The van der Waals surface area contributed by atoms with E-state index in [2.05, 4.69) is 52.0 Å². The van der Waals surface area contributed by atoms with E-state index >= 15 is 0 Å². The third kappa shape index (κ3) is 10.6. The van der Waals surface area contributed by atoms with E-state index in [1.165, 1.54) is 20.4 Å². The standard InChI is InChI=1S/C45H54ClN10O8PS/c1-62-37-25-30(11-12-34(37)50-45-48-26-33(46)42(52-45)49-35-8-4-5-9-38(35)65(61,63-2)64-3)54-18-15-29(16-19-54)55-22-20-53(21-23-55)28-41(58)47-17-24-66-39-10-6-7-31-32(39)27-56(44(31)60)36-13-14-40(57)51-43(36)59/h4-12,25-26,29,36H,13-24,27-28H2,1-3H3,(H,47,58)(H,51,57,59)(H2,48,49,50,52). The van der Waals surface area contributed by atoms with Crippen LogP contribution in [0.2, 0.25) is 5.02 Å². The summed E-state index contributed by atoms with van der Waals surface area (Å²) >= 11 is 8.07. The zero-order chi connectivity index (χ0) is 46.4. The van der Waals surface area contributed by atoms with Gasteiger partial charge in [0.1, 0.15) is 16.8 Å². The van der Waals surface area contributed by atoms with Gasteiger partial charge in [-0.1, -0.05) is 29.8 Å². The van der Waals surface area contributed by atoms with Crippen LogP contribution in [0.15, 0.2) is 71.8 Å². The molecule has 1 unspecified atom stereocenters. The van der Waals surface area contributed by atoms with Crippen LogP contribution in [0.1, 0.15) is 41.6 Å². The molecule has 0 aliphatic carbocycles. The molecule has 4 aliphatic rings. The SMILES string of the molecule is COc1cc(N2CCC(N3CCN(CC(=O)NCCSc4cccc5c4CN(C4CCC(=O)NC4=O)C5=O)CC3)CC2)ccc1Nc1ncc(Cl)c(Nc2ccccc2P(=O)(OC)OC)n1. The van der Waals surface area contributed by atoms with Crippen molar-refractivity contribution in [3.8, 4) is 5.75 Å². The molecule has 8 rings (SSSR count). The first-order chi connectivity index (χ1) is 32.0. The van der Waals surface area contributed by atoms with Gasteiger partial charge in [-0.2, -0.15) is 4.98 Å². The number of para-hydroxylation sites is 1. The minimum Gasteiger partial charge on any atom is -0.494 e. The summed E-state index contributed by atoms with van der Waals surface area (Å²) in [5, 5.41) is 12.4. The number of hydrogen-bond acceptors (Lipinski definition) is 16. The molecule has 5 heterocycles. The number of thioether (sulfide) groups is 1. The van der Waals surface area contributed by atoms with Gasteiger partial charge in [0.05, 0.1) is 36.5 Å². The molecule has 4 aromatic rings. The van der Waals surface area contributed by atoms with Crippen molar-refractivity contribution in [3.05, 3.63) is 83.0 Å². The number of ether oxygens (including phenoxy) is 1. The molecule has 4 N–H and O–H groups in total. The van der Waals surface area contributed by atoms with Gasteiger partial charge in [-0.15, -0.1) is 11.8 Å². The van der Waals surface area contributed by atoms with Crippen molar-refractivity contribution in [2.45, 2.75) is 49.2 Å². The second-order valence-corrected chi connectivity index (χ2v) is 20.1. The summed E-state index contributed by atoms with van der Waals surface area (Å²) in [6, 6.07) is 18.3. The molecule has 0 spiro atoms. The fourth-order valence-corrected chi connectivity index (χ4v) is 11.2. The van der Waals surface area contributed by atoms with Crippen molar-refractivity contribution in [2.24, 2.45) is 0 Å². The number of aromatic nitrogens is 2. The fourth-order valence-electron chi connectivity index (χ4n) is 8.91. The van der Waals surface area contributed by atoms with Crippen LogP contribution >= 0.6 is 31.0 Å². The van der Waals surface area contributed by atoms with E-state index < -0.39 is 19.5 Å². The van der Waals surface area contributed by atoms with Crippen molar-refractivity contribution in [1.29, 1.82) is 0 Å². The average molecular weight is 961 g/mol. The van der Waals surface area contributed by atoms with Gasteiger partial charge in [0, 0.05) is 107 Å². The molecule has 4 aliphatic heterocycles. The predicted molar refractivity (Wildman–Crippen MR) is 254 cm³/mol. The largest absolute Gasteiger partial charge is 0.494 e. The number of nitrogens with zero attached hydrogens (tertiary/aromatic N) is 6. The summed E-state index contributed by atoms with van der Waals surface area (Å²) in [6.45, 7) is 6.44. The highest BCUT2D eigenvalue weighted by molar-refractivity contribution is 7.99. The highest BCUT2D eigenvalue weighted by Gasteiger charge is 2.40. The lowest BCUT2D eigenvalue weighted by atomic mass is 10.0. The minimum absolute atomic E-state index is 0.00451. The quantitative estimate of drug-likeness (QED) is 0.0477. The van der Waals surface area contributed by atoms with Gasteiger partial charge in [-0.25, -0.2) is 4.98 Å². The lowest BCUT2D eigenvalue weighted by Gasteiger charge is -2.43. The van der Waals surface area contributed by atoms with E-state index in [-0.39, 0.29) is 35.1 Å². The van der Waals surface area contributed by atoms with E-state index in [1.54, 1.807) is 54.1 Å². The van der Waals surface area contributed by atoms with Gasteiger partial charge in [0.25, 0.3) is 5.91 Å².